The number of ether oxygens (including phenoxy) is 1. The Labute approximate surface area is 111 Å². The second-order valence-corrected chi connectivity index (χ2v) is 4.25. The summed E-state index contributed by atoms with van der Waals surface area (Å²) in [5.74, 6) is -0.598. The number of rotatable bonds is 5. The van der Waals surface area contributed by atoms with Crippen molar-refractivity contribution >= 4 is 29.2 Å². The van der Waals surface area contributed by atoms with Crippen molar-refractivity contribution in [3.63, 3.8) is 0 Å². The van der Waals surface area contributed by atoms with Gasteiger partial charge in [-0.15, -0.1) is 0 Å². The first-order chi connectivity index (χ1) is 8.58. The van der Waals surface area contributed by atoms with Gasteiger partial charge in [0, 0.05) is 12.1 Å². The van der Waals surface area contributed by atoms with Crippen LogP contribution in [0, 0.1) is 0 Å². The maximum atomic E-state index is 11.5. The monoisotopic (exact) mass is 269 g/mol. The number of esters is 1. The minimum absolute atomic E-state index is 0.0741. The average molecular weight is 270 g/mol. The largest absolute Gasteiger partial charge is 0.465 e. The number of benzene rings is 1. The molecular weight excluding hydrogens is 254 g/mol. The molecule has 0 radical (unpaired) electrons. The minimum atomic E-state index is -0.523. The van der Waals surface area contributed by atoms with Crippen LogP contribution in [-0.2, 0) is 9.53 Å². The first-order valence-corrected chi connectivity index (χ1v) is 6.14. The predicted octanol–water partition coefficient (Wildman–Crippen LogP) is 3.26. The number of nitrogens with one attached hydrogen (secondary N) is 1. The van der Waals surface area contributed by atoms with Crippen LogP contribution < -0.4 is 5.32 Å². The van der Waals surface area contributed by atoms with Crippen molar-refractivity contribution in [3.05, 3.63) is 28.8 Å². The number of hydrogen-bond acceptors (Lipinski definition) is 3. The highest BCUT2D eigenvalue weighted by atomic mass is 35.5. The summed E-state index contributed by atoms with van der Waals surface area (Å²) < 4.78 is 4.61. The van der Waals surface area contributed by atoms with E-state index >= 15 is 0 Å². The molecule has 0 aromatic heterocycles. The van der Waals surface area contributed by atoms with Crippen LogP contribution >= 0.6 is 11.6 Å². The number of carbonyl (C=O) groups excluding carboxylic acids is 2. The van der Waals surface area contributed by atoms with Gasteiger partial charge < -0.3 is 10.1 Å². The van der Waals surface area contributed by atoms with Crippen LogP contribution in [0.1, 0.15) is 36.5 Å². The van der Waals surface area contributed by atoms with Gasteiger partial charge in [0.1, 0.15) is 0 Å². The summed E-state index contributed by atoms with van der Waals surface area (Å²) in [5.41, 5.74) is 0.786. The van der Waals surface area contributed by atoms with E-state index in [9.17, 15) is 9.59 Å². The highest BCUT2D eigenvalue weighted by Crippen LogP contribution is 2.21. The molecule has 0 saturated heterocycles. The molecule has 0 aliphatic carbocycles. The van der Waals surface area contributed by atoms with Crippen LogP contribution in [0.4, 0.5) is 5.69 Å². The Bertz CT molecular complexity index is 446. The Balaban J connectivity index is 2.79. The van der Waals surface area contributed by atoms with Crippen LogP contribution in [0.2, 0.25) is 5.02 Å². The van der Waals surface area contributed by atoms with Crippen LogP contribution in [0.15, 0.2) is 18.2 Å². The summed E-state index contributed by atoms with van der Waals surface area (Å²) in [7, 11) is 1.28. The molecule has 0 bridgehead atoms. The highest BCUT2D eigenvalue weighted by molar-refractivity contribution is 6.33. The lowest BCUT2D eigenvalue weighted by atomic mass is 10.2. The summed E-state index contributed by atoms with van der Waals surface area (Å²) in [6.07, 6.45) is 2.26. The molecule has 0 atom stereocenters. The third-order valence-electron chi connectivity index (χ3n) is 2.41. The van der Waals surface area contributed by atoms with Crippen LogP contribution in [-0.4, -0.2) is 19.0 Å². The third kappa shape index (κ3) is 4.04. The maximum Gasteiger partial charge on any atom is 0.339 e. The molecule has 98 valence electrons. The van der Waals surface area contributed by atoms with Gasteiger partial charge in [0.15, 0.2) is 0 Å². The third-order valence-corrected chi connectivity index (χ3v) is 2.74. The molecule has 0 aliphatic heterocycles. The van der Waals surface area contributed by atoms with E-state index < -0.39 is 5.97 Å². The molecule has 0 saturated carbocycles. The van der Waals surface area contributed by atoms with Gasteiger partial charge in [0.05, 0.1) is 17.7 Å². The van der Waals surface area contributed by atoms with E-state index in [0.29, 0.717) is 17.1 Å². The summed E-state index contributed by atoms with van der Waals surface area (Å²) in [4.78, 5) is 23.0. The Hall–Kier alpha value is -1.55. The van der Waals surface area contributed by atoms with Gasteiger partial charge in [-0.25, -0.2) is 4.79 Å². The molecule has 18 heavy (non-hydrogen) atoms. The Morgan fingerprint density at radius 3 is 2.72 bits per heavy atom. The van der Waals surface area contributed by atoms with E-state index in [1.165, 1.54) is 13.2 Å². The Kier molecular flexibility index (Phi) is 5.65. The molecule has 0 aliphatic rings. The van der Waals surface area contributed by atoms with Crippen LogP contribution in [0.3, 0.4) is 0 Å². The molecule has 4 nitrogen and oxygen atoms in total. The molecule has 1 rings (SSSR count). The Morgan fingerprint density at radius 2 is 2.11 bits per heavy atom. The first-order valence-electron chi connectivity index (χ1n) is 5.76. The van der Waals surface area contributed by atoms with Gasteiger partial charge in [-0.2, -0.15) is 0 Å². The van der Waals surface area contributed by atoms with Crippen molar-refractivity contribution in [2.45, 2.75) is 26.2 Å². The van der Waals surface area contributed by atoms with Gasteiger partial charge in [0.25, 0.3) is 0 Å². The molecule has 0 spiro atoms. The molecule has 0 fully saturated rings. The lowest BCUT2D eigenvalue weighted by Gasteiger charge is -2.07. The predicted molar refractivity (Wildman–Crippen MR) is 70.9 cm³/mol. The van der Waals surface area contributed by atoms with E-state index in [1.54, 1.807) is 12.1 Å². The number of unbranched alkanes of at least 4 members (excludes halogenated alkanes) is 1. The average Bonchev–Trinajstić information content (AvgIpc) is 2.37. The van der Waals surface area contributed by atoms with E-state index in [4.69, 9.17) is 11.6 Å². The summed E-state index contributed by atoms with van der Waals surface area (Å²) >= 11 is 5.88. The lowest BCUT2D eigenvalue weighted by molar-refractivity contribution is -0.116. The maximum absolute atomic E-state index is 11.5. The number of anilines is 1. The molecule has 5 heteroatoms. The molecule has 0 unspecified atom stereocenters. The van der Waals surface area contributed by atoms with E-state index in [0.717, 1.165) is 12.8 Å². The lowest BCUT2D eigenvalue weighted by Crippen LogP contribution is -2.12. The summed E-state index contributed by atoms with van der Waals surface area (Å²) in [6, 6.07) is 4.72. The molecular formula is C13H16ClNO3. The second-order valence-electron chi connectivity index (χ2n) is 3.84. The van der Waals surface area contributed by atoms with Gasteiger partial charge in [-0.05, 0) is 24.6 Å². The topological polar surface area (TPSA) is 55.4 Å². The van der Waals surface area contributed by atoms with Crippen molar-refractivity contribution in [3.8, 4) is 0 Å². The van der Waals surface area contributed by atoms with Crippen molar-refractivity contribution in [2.24, 2.45) is 0 Å². The molecule has 1 N–H and O–H groups in total. The smallest absolute Gasteiger partial charge is 0.339 e. The number of halogens is 1. The zero-order valence-electron chi connectivity index (χ0n) is 10.5. The summed E-state index contributed by atoms with van der Waals surface area (Å²) in [5, 5.41) is 3.02. The number of carbonyl (C=O) groups is 2. The fourth-order valence-corrected chi connectivity index (χ4v) is 1.62. The molecule has 0 heterocycles. The van der Waals surface area contributed by atoms with E-state index in [-0.39, 0.29) is 11.5 Å². The van der Waals surface area contributed by atoms with Crippen molar-refractivity contribution in [1.29, 1.82) is 0 Å². The zero-order chi connectivity index (χ0) is 13.5. The molecule has 1 aromatic carbocycles. The highest BCUT2D eigenvalue weighted by Gasteiger charge is 2.12. The van der Waals surface area contributed by atoms with Gasteiger partial charge in [-0.1, -0.05) is 24.9 Å². The van der Waals surface area contributed by atoms with Crippen molar-refractivity contribution in [1.82, 2.24) is 0 Å². The zero-order valence-corrected chi connectivity index (χ0v) is 11.2. The number of hydrogen-bond donors (Lipinski definition) is 1. The van der Waals surface area contributed by atoms with E-state index in [1.807, 2.05) is 6.92 Å². The molecule has 1 amide bonds. The van der Waals surface area contributed by atoms with Crippen molar-refractivity contribution < 1.29 is 14.3 Å². The standard InChI is InChI=1S/C13H16ClNO3/c1-3-4-5-12(16)15-9-6-7-11(14)10(8-9)13(17)18-2/h6-8H,3-5H2,1-2H3,(H,15,16). The SMILES string of the molecule is CCCCC(=O)Nc1ccc(Cl)c(C(=O)OC)c1. The van der Waals surface area contributed by atoms with Gasteiger partial charge in [0.2, 0.25) is 5.91 Å². The van der Waals surface area contributed by atoms with Gasteiger partial charge in [-0.3, -0.25) is 4.79 Å². The fraction of sp³-hybridized carbons (Fsp3) is 0.385. The van der Waals surface area contributed by atoms with Gasteiger partial charge >= 0.3 is 5.97 Å². The summed E-state index contributed by atoms with van der Waals surface area (Å²) in [6.45, 7) is 2.02. The quantitative estimate of drug-likeness (QED) is 0.835. The number of methoxy groups -OCH3 is 1. The molecule has 1 aromatic rings. The number of amides is 1. The first kappa shape index (κ1) is 14.5. The van der Waals surface area contributed by atoms with E-state index in [2.05, 4.69) is 10.1 Å². The Morgan fingerprint density at radius 1 is 1.39 bits per heavy atom. The van der Waals surface area contributed by atoms with Crippen molar-refractivity contribution in [2.75, 3.05) is 12.4 Å². The normalized spacial score (nSPS) is 9.94. The van der Waals surface area contributed by atoms with Crippen LogP contribution in [0.25, 0.3) is 0 Å². The van der Waals surface area contributed by atoms with Crippen LogP contribution in [0.5, 0.6) is 0 Å². The fourth-order valence-electron chi connectivity index (χ4n) is 1.43. The second kappa shape index (κ2) is 7.01. The minimum Gasteiger partial charge on any atom is -0.465 e.